The van der Waals surface area contributed by atoms with E-state index in [9.17, 15) is 10.1 Å². The fourth-order valence-electron chi connectivity index (χ4n) is 2.04. The Bertz CT molecular complexity index is 860. The molecule has 0 atom stereocenters. The topological polar surface area (TPSA) is 71.6 Å². The van der Waals surface area contributed by atoms with Gasteiger partial charge in [0.1, 0.15) is 0 Å². The number of nitro benzene ring substituents is 1. The van der Waals surface area contributed by atoms with E-state index in [0.717, 1.165) is 22.0 Å². The van der Waals surface area contributed by atoms with Gasteiger partial charge in [-0.2, -0.15) is 5.10 Å². The molecule has 0 unspecified atom stereocenters. The molecule has 0 bridgehead atoms. The number of hydrogen-bond acceptors (Lipinski definition) is 6. The predicted octanol–water partition coefficient (Wildman–Crippen LogP) is 4.19. The maximum Gasteiger partial charge on any atom is 0.269 e. The van der Waals surface area contributed by atoms with Crippen LogP contribution in [0.5, 0.6) is 0 Å². The number of hydrogen-bond donors (Lipinski definition) is 0. The molecule has 1 heterocycles. The zero-order valence-corrected chi connectivity index (χ0v) is 13.7. The number of hydrazone groups is 1. The van der Waals surface area contributed by atoms with E-state index < -0.39 is 4.92 Å². The van der Waals surface area contributed by atoms with E-state index in [2.05, 4.69) is 10.1 Å². The summed E-state index contributed by atoms with van der Waals surface area (Å²) in [5.74, 6) is 0. The molecule has 0 N–H and O–H groups in total. The van der Waals surface area contributed by atoms with Gasteiger partial charge in [-0.15, -0.1) is 11.3 Å². The molecule has 0 spiro atoms. The molecule has 0 radical (unpaired) electrons. The van der Waals surface area contributed by atoms with E-state index >= 15 is 0 Å². The van der Waals surface area contributed by atoms with Crippen LogP contribution in [0.1, 0.15) is 5.56 Å². The van der Waals surface area contributed by atoms with Gasteiger partial charge in [-0.3, -0.25) is 10.1 Å². The van der Waals surface area contributed by atoms with Gasteiger partial charge in [-0.25, -0.2) is 9.99 Å². The van der Waals surface area contributed by atoms with Crippen molar-refractivity contribution in [1.82, 2.24) is 4.98 Å². The number of thiazole rings is 1. The van der Waals surface area contributed by atoms with Crippen molar-refractivity contribution in [2.24, 2.45) is 5.10 Å². The van der Waals surface area contributed by atoms with E-state index in [0.29, 0.717) is 0 Å². The Labute approximate surface area is 142 Å². The Morgan fingerprint density at radius 2 is 1.88 bits per heavy atom. The van der Waals surface area contributed by atoms with Crippen LogP contribution in [0.4, 0.5) is 10.8 Å². The number of anilines is 1. The van der Waals surface area contributed by atoms with Gasteiger partial charge in [-0.05, 0) is 17.7 Å². The van der Waals surface area contributed by atoms with Gasteiger partial charge in [0.2, 0.25) is 5.13 Å². The Morgan fingerprint density at radius 1 is 1.17 bits per heavy atom. The van der Waals surface area contributed by atoms with Crippen LogP contribution in [0.3, 0.4) is 0 Å². The smallest absolute Gasteiger partial charge is 0.258 e. The zero-order valence-electron chi connectivity index (χ0n) is 12.9. The van der Waals surface area contributed by atoms with E-state index in [4.69, 9.17) is 0 Å². The van der Waals surface area contributed by atoms with Crippen molar-refractivity contribution in [2.75, 3.05) is 12.1 Å². The highest BCUT2D eigenvalue weighted by molar-refractivity contribution is 7.14. The van der Waals surface area contributed by atoms with Crippen molar-refractivity contribution in [3.8, 4) is 11.3 Å². The molecule has 3 aromatic rings. The molecular weight excluding hydrogens is 324 g/mol. The number of non-ortho nitro benzene ring substituents is 1. The number of benzene rings is 2. The maximum atomic E-state index is 10.7. The molecule has 0 fully saturated rings. The summed E-state index contributed by atoms with van der Waals surface area (Å²) in [5, 5.41) is 19.4. The standard InChI is InChI=1S/C17H14N4O2S/c1-20(18-11-13-5-3-2-4-6-13)17-19-16(12-24-17)14-7-9-15(10-8-14)21(22)23/h2-12H,1H3. The summed E-state index contributed by atoms with van der Waals surface area (Å²) in [6, 6.07) is 16.2. The molecular formula is C17H14N4O2S. The fraction of sp³-hybridized carbons (Fsp3) is 0.0588. The summed E-state index contributed by atoms with van der Waals surface area (Å²) in [6.45, 7) is 0. The monoisotopic (exact) mass is 338 g/mol. The van der Waals surface area contributed by atoms with E-state index in [1.54, 1.807) is 23.4 Å². The molecule has 0 aliphatic rings. The Balaban J connectivity index is 1.75. The minimum atomic E-state index is -0.414. The normalized spacial score (nSPS) is 10.9. The first-order valence-electron chi connectivity index (χ1n) is 7.16. The number of nitro groups is 1. The predicted molar refractivity (Wildman–Crippen MR) is 96.6 cm³/mol. The van der Waals surface area contributed by atoms with Crippen molar-refractivity contribution in [3.63, 3.8) is 0 Å². The number of nitrogens with zero attached hydrogens (tertiary/aromatic N) is 4. The molecule has 24 heavy (non-hydrogen) atoms. The van der Waals surface area contributed by atoms with Gasteiger partial charge in [0.15, 0.2) is 0 Å². The third-order valence-electron chi connectivity index (χ3n) is 3.32. The average Bonchev–Trinajstić information content (AvgIpc) is 3.11. The van der Waals surface area contributed by atoms with Crippen molar-refractivity contribution >= 4 is 28.4 Å². The molecule has 0 amide bonds. The molecule has 0 saturated carbocycles. The first-order chi connectivity index (χ1) is 11.6. The number of rotatable bonds is 5. The van der Waals surface area contributed by atoms with Crippen molar-refractivity contribution in [1.29, 1.82) is 0 Å². The van der Waals surface area contributed by atoms with Crippen LogP contribution in [-0.4, -0.2) is 23.2 Å². The van der Waals surface area contributed by atoms with Crippen LogP contribution < -0.4 is 5.01 Å². The first-order valence-corrected chi connectivity index (χ1v) is 8.04. The molecule has 0 saturated heterocycles. The van der Waals surface area contributed by atoms with Gasteiger partial charge in [-0.1, -0.05) is 30.3 Å². The van der Waals surface area contributed by atoms with E-state index in [-0.39, 0.29) is 5.69 Å². The van der Waals surface area contributed by atoms with E-state index in [1.807, 2.05) is 42.8 Å². The van der Waals surface area contributed by atoms with Gasteiger partial charge in [0.05, 0.1) is 16.8 Å². The summed E-state index contributed by atoms with van der Waals surface area (Å²) in [7, 11) is 1.83. The van der Waals surface area contributed by atoms with Crippen LogP contribution in [0.15, 0.2) is 65.1 Å². The Hall–Kier alpha value is -3.06. The minimum absolute atomic E-state index is 0.0683. The Morgan fingerprint density at radius 3 is 2.54 bits per heavy atom. The molecule has 120 valence electrons. The molecule has 0 aliphatic heterocycles. The summed E-state index contributed by atoms with van der Waals surface area (Å²) < 4.78 is 0. The lowest BCUT2D eigenvalue weighted by Crippen LogP contribution is -2.08. The highest BCUT2D eigenvalue weighted by atomic mass is 32.1. The summed E-state index contributed by atoms with van der Waals surface area (Å²) in [4.78, 5) is 14.8. The van der Waals surface area contributed by atoms with Crippen molar-refractivity contribution in [2.45, 2.75) is 0 Å². The second kappa shape index (κ2) is 7.01. The van der Waals surface area contributed by atoms with Crippen LogP contribution in [0.2, 0.25) is 0 Å². The highest BCUT2D eigenvalue weighted by Crippen LogP contribution is 2.28. The van der Waals surface area contributed by atoms with Crippen molar-refractivity contribution < 1.29 is 4.92 Å². The van der Waals surface area contributed by atoms with E-state index in [1.165, 1.54) is 23.5 Å². The van der Waals surface area contributed by atoms with Crippen LogP contribution in [0.25, 0.3) is 11.3 Å². The minimum Gasteiger partial charge on any atom is -0.258 e. The second-order valence-corrected chi connectivity index (χ2v) is 5.83. The summed E-state index contributed by atoms with van der Waals surface area (Å²) in [5.41, 5.74) is 2.69. The zero-order chi connectivity index (χ0) is 16.9. The van der Waals surface area contributed by atoms with Gasteiger partial charge >= 0.3 is 0 Å². The summed E-state index contributed by atoms with van der Waals surface area (Å²) >= 11 is 1.47. The lowest BCUT2D eigenvalue weighted by molar-refractivity contribution is -0.384. The van der Waals surface area contributed by atoms with Gasteiger partial charge in [0, 0.05) is 30.1 Å². The SMILES string of the molecule is CN(N=Cc1ccccc1)c1nc(-c2ccc([N+](=O)[O-])cc2)cs1. The molecule has 7 heteroatoms. The summed E-state index contributed by atoms with van der Waals surface area (Å²) in [6.07, 6.45) is 1.77. The fourth-order valence-corrected chi connectivity index (χ4v) is 2.80. The van der Waals surface area contributed by atoms with Gasteiger partial charge in [0.25, 0.3) is 5.69 Å². The third kappa shape index (κ3) is 3.64. The number of aromatic nitrogens is 1. The molecule has 0 aliphatic carbocycles. The Kier molecular flexibility index (Phi) is 4.62. The largest absolute Gasteiger partial charge is 0.269 e. The molecule has 3 rings (SSSR count). The lowest BCUT2D eigenvalue weighted by atomic mass is 10.1. The average molecular weight is 338 g/mol. The van der Waals surface area contributed by atoms with Crippen LogP contribution in [-0.2, 0) is 0 Å². The molecule has 2 aromatic carbocycles. The van der Waals surface area contributed by atoms with Crippen molar-refractivity contribution in [3.05, 3.63) is 75.7 Å². The quantitative estimate of drug-likeness (QED) is 0.397. The maximum absolute atomic E-state index is 10.7. The molecule has 1 aromatic heterocycles. The second-order valence-electron chi connectivity index (χ2n) is 5.00. The van der Waals surface area contributed by atoms with Crippen LogP contribution >= 0.6 is 11.3 Å². The van der Waals surface area contributed by atoms with Gasteiger partial charge < -0.3 is 0 Å². The highest BCUT2D eigenvalue weighted by Gasteiger charge is 2.10. The molecule has 6 nitrogen and oxygen atoms in total. The first kappa shape index (κ1) is 15.8. The lowest BCUT2D eigenvalue weighted by Gasteiger charge is -2.07. The van der Waals surface area contributed by atoms with Crippen LogP contribution in [0, 0.1) is 10.1 Å². The third-order valence-corrected chi connectivity index (χ3v) is 4.23.